The van der Waals surface area contributed by atoms with Gasteiger partial charge in [-0.05, 0) is 30.2 Å². The summed E-state index contributed by atoms with van der Waals surface area (Å²) in [7, 11) is 0. The van der Waals surface area contributed by atoms with E-state index in [-0.39, 0.29) is 0 Å². The molecule has 0 spiro atoms. The van der Waals surface area contributed by atoms with Crippen LogP contribution in [0.2, 0.25) is 0 Å². The van der Waals surface area contributed by atoms with Gasteiger partial charge in [-0.25, -0.2) is 4.98 Å². The van der Waals surface area contributed by atoms with E-state index in [4.69, 9.17) is 5.73 Å². The Morgan fingerprint density at radius 1 is 1.25 bits per heavy atom. The summed E-state index contributed by atoms with van der Waals surface area (Å²) in [6.07, 6.45) is 0. The highest BCUT2D eigenvalue weighted by Gasteiger charge is 2.05. The van der Waals surface area contributed by atoms with Crippen molar-refractivity contribution in [2.24, 2.45) is 0 Å². The molecule has 0 bridgehead atoms. The number of nitrogens with zero attached hydrogens (tertiary/aromatic N) is 1. The van der Waals surface area contributed by atoms with Crippen LogP contribution in [0.4, 0.5) is 16.5 Å². The molecular weight excluding hydrogens is 218 g/mol. The Hall–Kier alpha value is -1.55. The summed E-state index contributed by atoms with van der Waals surface area (Å²) in [5.41, 5.74) is 8.53. The van der Waals surface area contributed by atoms with Gasteiger partial charge in [-0.3, -0.25) is 0 Å². The van der Waals surface area contributed by atoms with Crippen molar-refractivity contribution in [1.29, 1.82) is 0 Å². The topological polar surface area (TPSA) is 50.9 Å². The summed E-state index contributed by atoms with van der Waals surface area (Å²) in [6, 6.07) is 7.65. The highest BCUT2D eigenvalue weighted by molar-refractivity contribution is 7.13. The van der Waals surface area contributed by atoms with Crippen LogP contribution in [0.3, 0.4) is 0 Å². The summed E-state index contributed by atoms with van der Waals surface area (Å²) in [5, 5.41) is 6.27. The molecule has 0 radical (unpaired) electrons. The van der Waals surface area contributed by atoms with Crippen LogP contribution in [-0.2, 0) is 0 Å². The first kappa shape index (κ1) is 11.0. The zero-order chi connectivity index (χ0) is 11.5. The van der Waals surface area contributed by atoms with E-state index in [1.807, 2.05) is 24.3 Å². The van der Waals surface area contributed by atoms with E-state index < -0.39 is 0 Å². The van der Waals surface area contributed by atoms with Crippen molar-refractivity contribution in [3.63, 3.8) is 0 Å². The largest absolute Gasteiger partial charge is 0.399 e. The number of benzene rings is 1. The summed E-state index contributed by atoms with van der Waals surface area (Å²) in [6.45, 7) is 4.28. The van der Waals surface area contributed by atoms with Crippen LogP contribution in [0.15, 0.2) is 29.6 Å². The van der Waals surface area contributed by atoms with Gasteiger partial charge in [-0.15, -0.1) is 11.3 Å². The molecule has 1 heterocycles. The molecule has 3 nitrogen and oxygen atoms in total. The van der Waals surface area contributed by atoms with Gasteiger partial charge in [0, 0.05) is 16.8 Å². The number of nitrogens with two attached hydrogens (primary N) is 1. The van der Waals surface area contributed by atoms with Gasteiger partial charge < -0.3 is 11.1 Å². The Kier molecular flexibility index (Phi) is 3.10. The molecule has 16 heavy (non-hydrogen) atoms. The summed E-state index contributed by atoms with van der Waals surface area (Å²) in [4.78, 5) is 4.50. The molecule has 0 aliphatic rings. The van der Waals surface area contributed by atoms with E-state index in [1.54, 1.807) is 11.3 Å². The molecule has 84 valence electrons. The quantitative estimate of drug-likeness (QED) is 0.796. The molecule has 0 aliphatic heterocycles. The first-order valence-corrected chi connectivity index (χ1v) is 6.11. The fraction of sp³-hybridized carbons (Fsp3) is 0.250. The van der Waals surface area contributed by atoms with Crippen LogP contribution < -0.4 is 11.1 Å². The van der Waals surface area contributed by atoms with E-state index in [2.05, 4.69) is 29.5 Å². The van der Waals surface area contributed by atoms with Gasteiger partial charge >= 0.3 is 0 Å². The summed E-state index contributed by atoms with van der Waals surface area (Å²) in [5.74, 6) is 0.471. The van der Waals surface area contributed by atoms with E-state index in [9.17, 15) is 0 Å². The lowest BCUT2D eigenvalue weighted by atomic mass is 10.2. The Labute approximate surface area is 99.3 Å². The zero-order valence-electron chi connectivity index (χ0n) is 9.40. The monoisotopic (exact) mass is 233 g/mol. The Balaban J connectivity index is 2.11. The van der Waals surface area contributed by atoms with Crippen LogP contribution in [0.25, 0.3) is 0 Å². The smallest absolute Gasteiger partial charge is 0.187 e. The molecule has 0 unspecified atom stereocenters. The lowest BCUT2D eigenvalue weighted by Gasteiger charge is -2.02. The van der Waals surface area contributed by atoms with Crippen LogP contribution in [0.5, 0.6) is 0 Å². The number of hydrogen-bond acceptors (Lipinski definition) is 4. The predicted molar refractivity (Wildman–Crippen MR) is 70.3 cm³/mol. The molecule has 0 saturated carbocycles. The van der Waals surface area contributed by atoms with Crippen molar-refractivity contribution >= 4 is 27.8 Å². The van der Waals surface area contributed by atoms with Crippen molar-refractivity contribution in [1.82, 2.24) is 4.98 Å². The molecule has 0 atom stereocenters. The number of hydrogen-bond donors (Lipinski definition) is 2. The van der Waals surface area contributed by atoms with Crippen molar-refractivity contribution in [3.8, 4) is 0 Å². The minimum absolute atomic E-state index is 0.471. The summed E-state index contributed by atoms with van der Waals surface area (Å²) < 4.78 is 0. The van der Waals surface area contributed by atoms with Gasteiger partial charge in [-0.2, -0.15) is 0 Å². The van der Waals surface area contributed by atoms with E-state index in [0.717, 1.165) is 22.2 Å². The first-order valence-electron chi connectivity index (χ1n) is 5.23. The maximum Gasteiger partial charge on any atom is 0.187 e. The maximum absolute atomic E-state index is 5.62. The molecule has 1 aromatic carbocycles. The van der Waals surface area contributed by atoms with Crippen molar-refractivity contribution in [3.05, 3.63) is 35.3 Å². The van der Waals surface area contributed by atoms with Gasteiger partial charge in [0.2, 0.25) is 0 Å². The standard InChI is InChI=1S/C12H15N3S/c1-8(2)11-7-16-12(15-11)14-10-5-3-9(13)4-6-10/h3-8H,13H2,1-2H3,(H,14,15). The van der Waals surface area contributed by atoms with Crippen molar-refractivity contribution in [2.75, 3.05) is 11.1 Å². The lowest BCUT2D eigenvalue weighted by Crippen LogP contribution is -1.92. The minimum Gasteiger partial charge on any atom is -0.399 e. The second kappa shape index (κ2) is 4.53. The first-order chi connectivity index (χ1) is 7.65. The number of thiazole rings is 1. The second-order valence-electron chi connectivity index (χ2n) is 3.98. The number of nitrogen functional groups attached to an aromatic ring is 1. The fourth-order valence-corrected chi connectivity index (χ4v) is 2.19. The Morgan fingerprint density at radius 3 is 2.50 bits per heavy atom. The summed E-state index contributed by atoms with van der Waals surface area (Å²) >= 11 is 1.62. The minimum atomic E-state index is 0.471. The highest BCUT2D eigenvalue weighted by Crippen LogP contribution is 2.24. The van der Waals surface area contributed by atoms with E-state index in [1.165, 1.54) is 0 Å². The zero-order valence-corrected chi connectivity index (χ0v) is 10.2. The number of nitrogens with one attached hydrogen (secondary N) is 1. The molecule has 0 fully saturated rings. The molecule has 2 aromatic rings. The third kappa shape index (κ3) is 2.52. The molecule has 0 saturated heterocycles. The highest BCUT2D eigenvalue weighted by atomic mass is 32.1. The average Bonchev–Trinajstić information content (AvgIpc) is 2.70. The van der Waals surface area contributed by atoms with Crippen molar-refractivity contribution in [2.45, 2.75) is 19.8 Å². The number of anilines is 3. The Bertz CT molecular complexity index is 459. The van der Waals surface area contributed by atoms with Gasteiger partial charge in [0.15, 0.2) is 5.13 Å². The second-order valence-corrected chi connectivity index (χ2v) is 4.84. The number of aromatic nitrogens is 1. The molecular formula is C12H15N3S. The van der Waals surface area contributed by atoms with Gasteiger partial charge in [-0.1, -0.05) is 13.8 Å². The van der Waals surface area contributed by atoms with E-state index >= 15 is 0 Å². The van der Waals surface area contributed by atoms with Crippen LogP contribution in [0, 0.1) is 0 Å². The lowest BCUT2D eigenvalue weighted by molar-refractivity contribution is 0.834. The van der Waals surface area contributed by atoms with Crippen LogP contribution >= 0.6 is 11.3 Å². The molecule has 2 rings (SSSR count). The molecule has 4 heteroatoms. The Morgan fingerprint density at radius 2 is 1.94 bits per heavy atom. The van der Waals surface area contributed by atoms with Gasteiger partial charge in [0.1, 0.15) is 0 Å². The molecule has 3 N–H and O–H groups in total. The van der Waals surface area contributed by atoms with E-state index in [0.29, 0.717) is 5.92 Å². The van der Waals surface area contributed by atoms with Crippen LogP contribution in [0.1, 0.15) is 25.5 Å². The molecule has 1 aromatic heterocycles. The third-order valence-corrected chi connectivity index (χ3v) is 3.05. The SMILES string of the molecule is CC(C)c1csc(Nc2ccc(N)cc2)n1. The number of rotatable bonds is 3. The average molecular weight is 233 g/mol. The normalized spacial score (nSPS) is 10.7. The van der Waals surface area contributed by atoms with Crippen LogP contribution in [-0.4, -0.2) is 4.98 Å². The molecule has 0 aliphatic carbocycles. The van der Waals surface area contributed by atoms with Gasteiger partial charge in [0.25, 0.3) is 0 Å². The van der Waals surface area contributed by atoms with Gasteiger partial charge in [0.05, 0.1) is 5.69 Å². The predicted octanol–water partition coefficient (Wildman–Crippen LogP) is 3.59. The van der Waals surface area contributed by atoms with Crippen molar-refractivity contribution < 1.29 is 0 Å². The maximum atomic E-state index is 5.62. The molecule has 0 amide bonds. The fourth-order valence-electron chi connectivity index (χ4n) is 1.30. The third-order valence-electron chi connectivity index (χ3n) is 2.28.